The monoisotopic (exact) mass is 377 g/mol. The van der Waals surface area contributed by atoms with Crippen LogP contribution in [0.25, 0.3) is 0 Å². The summed E-state index contributed by atoms with van der Waals surface area (Å²) in [4.78, 5) is 16.2. The Balaban J connectivity index is 1.78. The summed E-state index contributed by atoms with van der Waals surface area (Å²) in [5, 5.41) is 5.80. The van der Waals surface area contributed by atoms with Crippen LogP contribution in [0.15, 0.2) is 54.9 Å². The zero-order chi connectivity index (χ0) is 18.7. The first-order valence-electron chi connectivity index (χ1n) is 7.36. The highest BCUT2D eigenvalue weighted by Crippen LogP contribution is 2.22. The van der Waals surface area contributed by atoms with E-state index in [2.05, 4.69) is 15.6 Å². The smallest absolute Gasteiger partial charge is 0.257 e. The molecule has 0 radical (unpaired) electrons. The van der Waals surface area contributed by atoms with Crippen LogP contribution >= 0.6 is 11.6 Å². The lowest BCUT2D eigenvalue weighted by Gasteiger charge is -2.09. The second kappa shape index (κ2) is 7.45. The van der Waals surface area contributed by atoms with Crippen molar-refractivity contribution in [3.63, 3.8) is 0 Å². The van der Waals surface area contributed by atoms with E-state index in [4.69, 9.17) is 11.6 Å². The number of amides is 1. The van der Waals surface area contributed by atoms with Crippen molar-refractivity contribution >= 4 is 34.6 Å². The van der Waals surface area contributed by atoms with E-state index in [1.807, 2.05) is 0 Å². The van der Waals surface area contributed by atoms with Crippen molar-refractivity contribution in [2.24, 2.45) is 0 Å². The first-order valence-corrected chi connectivity index (χ1v) is 7.74. The van der Waals surface area contributed by atoms with Crippen LogP contribution in [-0.4, -0.2) is 10.9 Å². The van der Waals surface area contributed by atoms with E-state index in [1.54, 1.807) is 24.3 Å². The summed E-state index contributed by atoms with van der Waals surface area (Å²) in [5.74, 6) is -5.18. The van der Waals surface area contributed by atoms with Gasteiger partial charge in [-0.1, -0.05) is 11.6 Å². The highest BCUT2D eigenvalue weighted by atomic mass is 35.5. The van der Waals surface area contributed by atoms with E-state index in [-0.39, 0.29) is 5.56 Å². The van der Waals surface area contributed by atoms with Crippen LogP contribution < -0.4 is 10.6 Å². The maximum Gasteiger partial charge on any atom is 0.257 e. The molecule has 0 bridgehead atoms. The van der Waals surface area contributed by atoms with Gasteiger partial charge in [-0.3, -0.25) is 9.78 Å². The molecule has 8 heteroatoms. The van der Waals surface area contributed by atoms with Crippen LogP contribution in [0.4, 0.5) is 30.2 Å². The highest BCUT2D eigenvalue weighted by molar-refractivity contribution is 6.30. The number of halogens is 4. The number of rotatable bonds is 4. The number of nitrogens with zero attached hydrogens (tertiary/aromatic N) is 1. The van der Waals surface area contributed by atoms with Crippen LogP contribution in [0.1, 0.15) is 10.4 Å². The van der Waals surface area contributed by atoms with E-state index in [9.17, 15) is 18.0 Å². The van der Waals surface area contributed by atoms with Crippen molar-refractivity contribution in [2.75, 3.05) is 10.6 Å². The number of hydrogen-bond acceptors (Lipinski definition) is 3. The summed E-state index contributed by atoms with van der Waals surface area (Å²) in [7, 11) is 0. The van der Waals surface area contributed by atoms with Gasteiger partial charge in [0, 0.05) is 16.9 Å². The second-order valence-corrected chi connectivity index (χ2v) is 5.71. The number of hydrogen-bond donors (Lipinski definition) is 2. The topological polar surface area (TPSA) is 54.0 Å². The molecule has 4 nitrogen and oxygen atoms in total. The Morgan fingerprint density at radius 1 is 0.923 bits per heavy atom. The SMILES string of the molecule is O=C(Nc1ccc(F)c(F)c1F)c1cncc(Nc2ccc(Cl)cc2)c1. The van der Waals surface area contributed by atoms with Gasteiger partial charge in [-0.05, 0) is 42.5 Å². The molecule has 0 saturated carbocycles. The number of benzene rings is 2. The third kappa shape index (κ3) is 3.94. The van der Waals surface area contributed by atoms with E-state index in [0.717, 1.165) is 17.8 Å². The Bertz CT molecular complexity index is 964. The van der Waals surface area contributed by atoms with Gasteiger partial charge in [0.15, 0.2) is 17.5 Å². The van der Waals surface area contributed by atoms with Crippen molar-refractivity contribution in [1.82, 2.24) is 4.98 Å². The lowest BCUT2D eigenvalue weighted by Crippen LogP contribution is -2.14. The van der Waals surface area contributed by atoms with Crippen LogP contribution in [0.2, 0.25) is 5.02 Å². The van der Waals surface area contributed by atoms with E-state index < -0.39 is 29.0 Å². The first kappa shape index (κ1) is 17.8. The minimum atomic E-state index is -1.65. The van der Waals surface area contributed by atoms with Gasteiger partial charge in [-0.15, -0.1) is 0 Å². The molecule has 0 spiro atoms. The number of anilines is 3. The minimum absolute atomic E-state index is 0.105. The largest absolute Gasteiger partial charge is 0.354 e. The molecular formula is C18H11ClF3N3O. The fraction of sp³-hybridized carbons (Fsp3) is 0. The van der Waals surface area contributed by atoms with Gasteiger partial charge in [0.1, 0.15) is 0 Å². The zero-order valence-electron chi connectivity index (χ0n) is 13.1. The predicted molar refractivity (Wildman–Crippen MR) is 93.2 cm³/mol. The molecule has 3 rings (SSSR count). The summed E-state index contributed by atoms with van der Waals surface area (Å²) in [6, 6.07) is 10.0. The Hall–Kier alpha value is -3.06. The summed E-state index contributed by atoms with van der Waals surface area (Å²) in [5.41, 5.74) is 0.865. The van der Waals surface area contributed by atoms with Gasteiger partial charge < -0.3 is 10.6 Å². The average Bonchev–Trinajstić information content (AvgIpc) is 2.64. The van der Waals surface area contributed by atoms with E-state index in [1.165, 1.54) is 18.5 Å². The van der Waals surface area contributed by atoms with Crippen LogP contribution in [-0.2, 0) is 0 Å². The average molecular weight is 378 g/mol. The summed E-state index contributed by atoms with van der Waals surface area (Å²) >= 11 is 5.82. The molecule has 0 aliphatic rings. The number of carbonyl (C=O) groups is 1. The van der Waals surface area contributed by atoms with E-state index >= 15 is 0 Å². The molecule has 0 unspecified atom stereocenters. The molecule has 0 aliphatic carbocycles. The van der Waals surface area contributed by atoms with Gasteiger partial charge in [0.05, 0.1) is 23.1 Å². The number of aromatic nitrogens is 1. The van der Waals surface area contributed by atoms with Gasteiger partial charge in [-0.2, -0.15) is 0 Å². The Morgan fingerprint density at radius 3 is 2.38 bits per heavy atom. The Morgan fingerprint density at radius 2 is 1.65 bits per heavy atom. The minimum Gasteiger partial charge on any atom is -0.354 e. The molecule has 3 aromatic rings. The summed E-state index contributed by atoms with van der Waals surface area (Å²) in [6.07, 6.45) is 2.75. The first-order chi connectivity index (χ1) is 12.4. The number of pyridine rings is 1. The molecule has 0 atom stereocenters. The third-order valence-corrected chi connectivity index (χ3v) is 3.67. The van der Waals surface area contributed by atoms with Gasteiger partial charge in [0.25, 0.3) is 5.91 Å². The van der Waals surface area contributed by atoms with Crippen molar-refractivity contribution < 1.29 is 18.0 Å². The molecular weight excluding hydrogens is 367 g/mol. The number of carbonyl (C=O) groups excluding carboxylic acids is 1. The molecule has 0 aliphatic heterocycles. The fourth-order valence-electron chi connectivity index (χ4n) is 2.15. The lowest BCUT2D eigenvalue weighted by molar-refractivity contribution is 0.102. The summed E-state index contributed by atoms with van der Waals surface area (Å²) in [6.45, 7) is 0. The molecule has 26 heavy (non-hydrogen) atoms. The highest BCUT2D eigenvalue weighted by Gasteiger charge is 2.16. The normalized spacial score (nSPS) is 10.5. The van der Waals surface area contributed by atoms with Crippen LogP contribution in [0.3, 0.4) is 0 Å². The maximum absolute atomic E-state index is 13.7. The maximum atomic E-state index is 13.7. The second-order valence-electron chi connectivity index (χ2n) is 5.27. The lowest BCUT2D eigenvalue weighted by atomic mass is 10.2. The molecule has 2 aromatic carbocycles. The Kier molecular flexibility index (Phi) is 5.09. The van der Waals surface area contributed by atoms with Crippen molar-refractivity contribution in [3.8, 4) is 0 Å². The standard InChI is InChI=1S/C18H11ClF3N3O/c19-11-1-3-12(4-2-11)24-13-7-10(8-23-9-13)18(26)25-15-6-5-14(20)16(21)17(15)22/h1-9,24H,(H,25,26). The van der Waals surface area contributed by atoms with Crippen molar-refractivity contribution in [1.29, 1.82) is 0 Å². The molecule has 2 N–H and O–H groups in total. The van der Waals surface area contributed by atoms with Crippen molar-refractivity contribution in [2.45, 2.75) is 0 Å². The van der Waals surface area contributed by atoms with Gasteiger partial charge in [-0.25, -0.2) is 13.2 Å². The van der Waals surface area contributed by atoms with Crippen molar-refractivity contribution in [3.05, 3.63) is 82.9 Å². The van der Waals surface area contributed by atoms with Crippen LogP contribution in [0.5, 0.6) is 0 Å². The molecule has 1 amide bonds. The Labute approximate surface area is 151 Å². The summed E-state index contributed by atoms with van der Waals surface area (Å²) < 4.78 is 39.9. The molecule has 0 fully saturated rings. The molecule has 132 valence electrons. The fourth-order valence-corrected chi connectivity index (χ4v) is 2.28. The van der Waals surface area contributed by atoms with Gasteiger partial charge >= 0.3 is 0 Å². The van der Waals surface area contributed by atoms with Gasteiger partial charge in [0.2, 0.25) is 0 Å². The zero-order valence-corrected chi connectivity index (χ0v) is 13.8. The van der Waals surface area contributed by atoms with Crippen LogP contribution in [0, 0.1) is 17.5 Å². The number of nitrogens with one attached hydrogen (secondary N) is 2. The molecule has 1 heterocycles. The van der Waals surface area contributed by atoms with E-state index in [0.29, 0.717) is 10.7 Å². The quantitative estimate of drug-likeness (QED) is 0.618. The predicted octanol–water partition coefficient (Wildman–Crippen LogP) is 5.15. The molecule has 1 aromatic heterocycles. The molecule has 0 saturated heterocycles. The third-order valence-electron chi connectivity index (χ3n) is 3.42.